The van der Waals surface area contributed by atoms with Crippen molar-refractivity contribution < 1.29 is 27.2 Å². The molecule has 13 heteroatoms. The Kier molecular flexibility index (Phi) is 10.1. The molecule has 0 saturated carbocycles. The van der Waals surface area contributed by atoms with Crippen LogP contribution < -0.4 is 15.2 Å². The van der Waals surface area contributed by atoms with Gasteiger partial charge in [0, 0.05) is 11.3 Å². The molecular formula is C36H29N5O6S2. The second-order valence-corrected chi connectivity index (χ2v) is 13.2. The third-order valence-electron chi connectivity index (χ3n) is 7.18. The van der Waals surface area contributed by atoms with Crippen LogP contribution in [0.2, 0.25) is 0 Å². The fourth-order valence-electron chi connectivity index (χ4n) is 4.76. The number of rotatable bonds is 11. The molecule has 0 spiro atoms. The summed E-state index contributed by atoms with van der Waals surface area (Å²) in [5, 5.41) is 16.8. The molecule has 49 heavy (non-hydrogen) atoms. The van der Waals surface area contributed by atoms with Gasteiger partial charge >= 0.3 is 0 Å². The van der Waals surface area contributed by atoms with Crippen LogP contribution in [0.15, 0.2) is 146 Å². The maximum Gasteiger partial charge on any atom is 0.267 e. The highest BCUT2D eigenvalue weighted by Gasteiger charge is 2.34. The number of anilines is 1. The van der Waals surface area contributed by atoms with Gasteiger partial charge in [-0.15, -0.1) is 5.10 Å². The zero-order chi connectivity index (χ0) is 34.2. The molecule has 3 N–H and O–H groups in total. The van der Waals surface area contributed by atoms with Gasteiger partial charge in [0.25, 0.3) is 11.8 Å². The Morgan fingerprint density at radius 1 is 0.898 bits per heavy atom. The SMILES string of the molecule is NS(=O)(=O)c1ccc(NC(=O)COc2ccccc2/C=C2\S/C(=N/N=C\c3ccc(-c4ccccc4)cc3)N(Cc3ccco3)C2=O)cc1. The standard InChI is InChI=1S/C36H29N5O6S2/c37-49(44,45)31-18-16-29(17-19-31)39-34(42)24-47-32-11-5-4-9-28(32)21-33-35(43)41(23-30-10-6-20-46-30)36(48-33)40-38-22-25-12-14-27(15-13-25)26-7-2-1-3-8-26/h1-22H,23-24H2,(H,39,42)(H2,37,44,45)/b33-21-,38-22-,40-36+. The molecule has 1 aromatic heterocycles. The summed E-state index contributed by atoms with van der Waals surface area (Å²) in [5.41, 5.74) is 4.00. The number of amides is 2. The molecule has 1 aliphatic rings. The molecule has 1 saturated heterocycles. The molecule has 0 aliphatic carbocycles. The maximum absolute atomic E-state index is 13.6. The van der Waals surface area contributed by atoms with Crippen LogP contribution in [-0.2, 0) is 26.2 Å². The molecule has 6 rings (SSSR count). The molecule has 1 fully saturated rings. The van der Waals surface area contributed by atoms with Gasteiger partial charge in [-0.2, -0.15) is 5.10 Å². The molecule has 246 valence electrons. The number of hydrogen-bond donors (Lipinski definition) is 2. The summed E-state index contributed by atoms with van der Waals surface area (Å²) in [6.07, 6.45) is 4.84. The summed E-state index contributed by atoms with van der Waals surface area (Å²) in [5.74, 6) is 0.197. The molecule has 5 aromatic rings. The van der Waals surface area contributed by atoms with E-state index in [1.54, 1.807) is 48.7 Å². The van der Waals surface area contributed by atoms with E-state index < -0.39 is 15.9 Å². The second kappa shape index (κ2) is 15.0. The maximum atomic E-state index is 13.6. The van der Waals surface area contributed by atoms with Crippen molar-refractivity contribution in [3.63, 3.8) is 0 Å². The number of carbonyl (C=O) groups is 2. The van der Waals surface area contributed by atoms with Crippen LogP contribution in [0.3, 0.4) is 0 Å². The van der Waals surface area contributed by atoms with E-state index in [2.05, 4.69) is 15.5 Å². The normalized spacial score (nSPS) is 15.0. The van der Waals surface area contributed by atoms with E-state index in [0.29, 0.717) is 32.8 Å². The lowest BCUT2D eigenvalue weighted by Gasteiger charge is -2.12. The average Bonchev–Trinajstić information content (AvgIpc) is 3.73. The van der Waals surface area contributed by atoms with Crippen molar-refractivity contribution in [3.8, 4) is 16.9 Å². The Labute approximate surface area is 286 Å². The first-order valence-electron chi connectivity index (χ1n) is 14.9. The molecule has 1 aliphatic heterocycles. The van der Waals surface area contributed by atoms with E-state index in [-0.39, 0.29) is 24.0 Å². The summed E-state index contributed by atoms with van der Waals surface area (Å²) < 4.78 is 34.3. The van der Waals surface area contributed by atoms with Crippen LogP contribution in [0.1, 0.15) is 16.9 Å². The van der Waals surface area contributed by atoms with E-state index in [1.807, 2.05) is 54.6 Å². The van der Waals surface area contributed by atoms with Gasteiger partial charge in [-0.05, 0) is 77.0 Å². The number of para-hydroxylation sites is 1. The molecule has 0 bridgehead atoms. The van der Waals surface area contributed by atoms with Crippen molar-refractivity contribution >= 4 is 56.7 Å². The number of ether oxygens (including phenoxy) is 1. The van der Waals surface area contributed by atoms with Crippen LogP contribution in [0.5, 0.6) is 5.75 Å². The summed E-state index contributed by atoms with van der Waals surface area (Å²) in [4.78, 5) is 28.0. The average molecular weight is 692 g/mol. The molecule has 2 amide bonds. The predicted molar refractivity (Wildman–Crippen MR) is 190 cm³/mol. The molecule has 0 unspecified atom stereocenters. The molecule has 0 radical (unpaired) electrons. The Balaban J connectivity index is 1.16. The topological polar surface area (TPSA) is 157 Å². The summed E-state index contributed by atoms with van der Waals surface area (Å²) >= 11 is 1.16. The van der Waals surface area contributed by atoms with E-state index in [0.717, 1.165) is 28.5 Å². The van der Waals surface area contributed by atoms with Crippen LogP contribution in [0.4, 0.5) is 5.69 Å². The highest BCUT2D eigenvalue weighted by Crippen LogP contribution is 2.35. The third-order valence-corrected chi connectivity index (χ3v) is 9.11. The first-order chi connectivity index (χ1) is 23.7. The van der Waals surface area contributed by atoms with Crippen LogP contribution in [0, 0.1) is 0 Å². The van der Waals surface area contributed by atoms with Gasteiger partial charge in [0.1, 0.15) is 11.5 Å². The van der Waals surface area contributed by atoms with Gasteiger partial charge in [0.2, 0.25) is 10.0 Å². The number of benzene rings is 4. The fourth-order valence-corrected chi connectivity index (χ4v) is 6.20. The number of furan rings is 1. The Morgan fingerprint density at radius 3 is 2.33 bits per heavy atom. The van der Waals surface area contributed by atoms with Crippen LogP contribution in [0.25, 0.3) is 17.2 Å². The Morgan fingerprint density at radius 2 is 1.61 bits per heavy atom. The first kappa shape index (κ1) is 33.2. The lowest BCUT2D eigenvalue weighted by molar-refractivity contribution is -0.122. The van der Waals surface area contributed by atoms with Crippen LogP contribution in [-0.4, -0.2) is 43.1 Å². The minimum atomic E-state index is -3.85. The monoisotopic (exact) mass is 691 g/mol. The minimum Gasteiger partial charge on any atom is -0.483 e. The predicted octanol–water partition coefficient (Wildman–Crippen LogP) is 6.12. The highest BCUT2D eigenvalue weighted by molar-refractivity contribution is 8.18. The van der Waals surface area contributed by atoms with Crippen molar-refractivity contribution in [1.82, 2.24) is 4.90 Å². The lowest BCUT2D eigenvalue weighted by Crippen LogP contribution is -2.28. The number of amidine groups is 1. The number of carbonyl (C=O) groups excluding carboxylic acids is 2. The molecule has 0 atom stereocenters. The first-order valence-corrected chi connectivity index (χ1v) is 17.2. The number of hydrogen-bond acceptors (Lipinski definition) is 9. The van der Waals surface area contributed by atoms with Gasteiger partial charge in [0.15, 0.2) is 11.8 Å². The van der Waals surface area contributed by atoms with E-state index in [1.165, 1.54) is 35.4 Å². The zero-order valence-corrected chi connectivity index (χ0v) is 27.4. The quantitative estimate of drug-likeness (QED) is 0.0960. The number of nitrogens with two attached hydrogens (primary N) is 1. The largest absolute Gasteiger partial charge is 0.483 e. The fraction of sp³-hybridized carbons (Fsp3) is 0.0556. The summed E-state index contributed by atoms with van der Waals surface area (Å²) in [7, 11) is -3.85. The van der Waals surface area contributed by atoms with Gasteiger partial charge < -0.3 is 14.5 Å². The molecule has 4 aromatic carbocycles. The molecule has 2 heterocycles. The lowest BCUT2D eigenvalue weighted by atomic mass is 10.0. The minimum absolute atomic E-state index is 0.0698. The molecule has 11 nitrogen and oxygen atoms in total. The van der Waals surface area contributed by atoms with Crippen LogP contribution >= 0.6 is 11.8 Å². The van der Waals surface area contributed by atoms with Crippen molar-refractivity contribution in [2.75, 3.05) is 11.9 Å². The van der Waals surface area contributed by atoms with E-state index >= 15 is 0 Å². The number of nitrogens with zero attached hydrogens (tertiary/aromatic N) is 3. The van der Waals surface area contributed by atoms with E-state index in [9.17, 15) is 18.0 Å². The van der Waals surface area contributed by atoms with Crippen molar-refractivity contribution in [1.29, 1.82) is 0 Å². The van der Waals surface area contributed by atoms with E-state index in [4.69, 9.17) is 14.3 Å². The smallest absolute Gasteiger partial charge is 0.267 e. The number of primary sulfonamides is 1. The Bertz CT molecular complexity index is 2150. The highest BCUT2D eigenvalue weighted by atomic mass is 32.2. The number of thioether (sulfide) groups is 1. The van der Waals surface area contributed by atoms with Crippen molar-refractivity contribution in [3.05, 3.63) is 143 Å². The van der Waals surface area contributed by atoms with Crippen molar-refractivity contribution in [2.45, 2.75) is 11.4 Å². The zero-order valence-electron chi connectivity index (χ0n) is 25.8. The van der Waals surface area contributed by atoms with Gasteiger partial charge in [-0.25, -0.2) is 13.6 Å². The Hall–Kier alpha value is -5.76. The van der Waals surface area contributed by atoms with Gasteiger partial charge in [-0.1, -0.05) is 72.8 Å². The number of nitrogens with one attached hydrogen (secondary N) is 1. The molecular weight excluding hydrogens is 663 g/mol. The summed E-state index contributed by atoms with van der Waals surface area (Å²) in [6, 6.07) is 34.0. The summed E-state index contributed by atoms with van der Waals surface area (Å²) in [6.45, 7) is -0.177. The number of sulfonamides is 1. The van der Waals surface area contributed by atoms with Crippen molar-refractivity contribution in [2.24, 2.45) is 15.3 Å². The second-order valence-electron chi connectivity index (χ2n) is 10.6. The third kappa shape index (κ3) is 8.59. The van der Waals surface area contributed by atoms with Gasteiger partial charge in [0.05, 0.1) is 28.8 Å². The van der Waals surface area contributed by atoms with Gasteiger partial charge in [-0.3, -0.25) is 14.5 Å².